The fourth-order valence-corrected chi connectivity index (χ4v) is 2.63. The second-order valence-electron chi connectivity index (χ2n) is 5.45. The van der Waals surface area contributed by atoms with Gasteiger partial charge in [0.25, 0.3) is 0 Å². The van der Waals surface area contributed by atoms with Gasteiger partial charge in [-0.05, 0) is 35.4 Å². The monoisotopic (exact) mass is 233 g/mol. The third-order valence-corrected chi connectivity index (χ3v) is 3.39. The van der Waals surface area contributed by atoms with E-state index >= 15 is 0 Å². The Bertz CT molecular complexity index is 373. The van der Waals surface area contributed by atoms with Crippen molar-refractivity contribution >= 4 is 0 Å². The molecular formula is C15H23NO. The van der Waals surface area contributed by atoms with Crippen molar-refractivity contribution in [1.29, 1.82) is 0 Å². The number of benzene rings is 1. The van der Waals surface area contributed by atoms with Gasteiger partial charge in [-0.2, -0.15) is 0 Å². The van der Waals surface area contributed by atoms with Gasteiger partial charge in [0, 0.05) is 19.7 Å². The van der Waals surface area contributed by atoms with Gasteiger partial charge in [-0.25, -0.2) is 0 Å². The van der Waals surface area contributed by atoms with E-state index in [4.69, 9.17) is 4.74 Å². The van der Waals surface area contributed by atoms with Crippen LogP contribution in [0.1, 0.15) is 37.0 Å². The summed E-state index contributed by atoms with van der Waals surface area (Å²) in [6, 6.07) is 7.39. The van der Waals surface area contributed by atoms with Gasteiger partial charge in [-0.15, -0.1) is 0 Å². The minimum absolute atomic E-state index is 0.649. The van der Waals surface area contributed by atoms with Gasteiger partial charge in [0.1, 0.15) is 0 Å². The van der Waals surface area contributed by atoms with Crippen LogP contribution in [0, 0.1) is 5.92 Å². The smallest absolute Gasteiger partial charge is 0.0713 e. The molecule has 1 aromatic rings. The number of nitrogens with one attached hydrogen (secondary N) is 1. The van der Waals surface area contributed by atoms with Crippen LogP contribution in [0.25, 0.3) is 0 Å². The van der Waals surface area contributed by atoms with Crippen molar-refractivity contribution in [3.63, 3.8) is 0 Å². The molecule has 0 fully saturated rings. The van der Waals surface area contributed by atoms with E-state index in [-0.39, 0.29) is 0 Å². The average Bonchev–Trinajstić information content (AvgIpc) is 2.29. The maximum Gasteiger partial charge on any atom is 0.0713 e. The number of ether oxygens (including phenoxy) is 1. The zero-order valence-corrected chi connectivity index (χ0v) is 11.1. The van der Waals surface area contributed by atoms with Crippen LogP contribution in [-0.2, 0) is 24.3 Å². The average molecular weight is 233 g/mol. The van der Waals surface area contributed by atoms with Crippen LogP contribution in [0.3, 0.4) is 0 Å². The molecule has 1 aliphatic heterocycles. The van der Waals surface area contributed by atoms with Gasteiger partial charge >= 0.3 is 0 Å². The molecule has 1 aromatic carbocycles. The molecule has 0 amide bonds. The minimum Gasteiger partial charge on any atom is -0.380 e. The van der Waals surface area contributed by atoms with Gasteiger partial charge in [-0.3, -0.25) is 0 Å². The summed E-state index contributed by atoms with van der Waals surface area (Å²) >= 11 is 0. The Morgan fingerprint density at radius 1 is 1.35 bits per heavy atom. The predicted molar refractivity (Wildman–Crippen MR) is 70.9 cm³/mol. The SMILES string of the molecule is COCc1ccc2c(c1)CNC(CC(C)C)C2. The van der Waals surface area contributed by atoms with Crippen LogP contribution in [0.2, 0.25) is 0 Å². The summed E-state index contributed by atoms with van der Waals surface area (Å²) < 4.78 is 5.17. The zero-order chi connectivity index (χ0) is 12.3. The van der Waals surface area contributed by atoms with Gasteiger partial charge < -0.3 is 10.1 Å². The molecule has 0 bridgehead atoms. The molecule has 1 N–H and O–H groups in total. The molecule has 2 heteroatoms. The van der Waals surface area contributed by atoms with Gasteiger partial charge in [0.05, 0.1) is 6.61 Å². The first kappa shape index (κ1) is 12.6. The number of hydrogen-bond donors (Lipinski definition) is 1. The van der Waals surface area contributed by atoms with Gasteiger partial charge in [0.2, 0.25) is 0 Å². The highest BCUT2D eigenvalue weighted by molar-refractivity contribution is 5.34. The van der Waals surface area contributed by atoms with Crippen molar-refractivity contribution in [3.8, 4) is 0 Å². The molecule has 0 saturated heterocycles. The molecule has 2 nitrogen and oxygen atoms in total. The highest BCUT2D eigenvalue weighted by Crippen LogP contribution is 2.21. The van der Waals surface area contributed by atoms with E-state index < -0.39 is 0 Å². The Balaban J connectivity index is 2.06. The molecule has 1 atom stereocenters. The molecule has 94 valence electrons. The maximum absolute atomic E-state index is 5.17. The topological polar surface area (TPSA) is 21.3 Å². The number of rotatable bonds is 4. The lowest BCUT2D eigenvalue weighted by Gasteiger charge is -2.27. The van der Waals surface area contributed by atoms with Crippen LogP contribution < -0.4 is 5.32 Å². The largest absolute Gasteiger partial charge is 0.380 e. The van der Waals surface area contributed by atoms with Crippen molar-refractivity contribution in [3.05, 3.63) is 34.9 Å². The minimum atomic E-state index is 0.649. The summed E-state index contributed by atoms with van der Waals surface area (Å²) in [5.74, 6) is 0.766. The molecule has 1 heterocycles. The summed E-state index contributed by atoms with van der Waals surface area (Å²) in [5, 5.41) is 3.64. The van der Waals surface area contributed by atoms with E-state index in [1.165, 1.54) is 29.5 Å². The van der Waals surface area contributed by atoms with Crippen LogP contribution in [0.4, 0.5) is 0 Å². The Labute approximate surface area is 104 Å². The molecule has 2 rings (SSSR count). The van der Waals surface area contributed by atoms with E-state index in [9.17, 15) is 0 Å². The van der Waals surface area contributed by atoms with Crippen LogP contribution in [-0.4, -0.2) is 13.2 Å². The highest BCUT2D eigenvalue weighted by atomic mass is 16.5. The predicted octanol–water partition coefficient (Wildman–Crippen LogP) is 2.89. The standard InChI is InChI=1S/C15H23NO/c1-11(2)6-15-8-13-5-4-12(10-17-3)7-14(13)9-16-15/h4-5,7,11,15-16H,6,8-10H2,1-3H3. The number of methoxy groups -OCH3 is 1. The molecule has 0 aliphatic carbocycles. The van der Waals surface area contributed by atoms with E-state index in [0.29, 0.717) is 12.6 Å². The lowest BCUT2D eigenvalue weighted by Crippen LogP contribution is -2.36. The molecule has 0 aromatic heterocycles. The summed E-state index contributed by atoms with van der Waals surface area (Å²) in [4.78, 5) is 0. The van der Waals surface area contributed by atoms with Crippen LogP contribution >= 0.6 is 0 Å². The van der Waals surface area contributed by atoms with Crippen LogP contribution in [0.5, 0.6) is 0 Å². The van der Waals surface area contributed by atoms with Crippen molar-refractivity contribution in [2.75, 3.05) is 7.11 Å². The van der Waals surface area contributed by atoms with Crippen molar-refractivity contribution < 1.29 is 4.74 Å². The molecule has 1 aliphatic rings. The summed E-state index contributed by atoms with van der Waals surface area (Å²) in [5.41, 5.74) is 4.23. The fourth-order valence-electron chi connectivity index (χ4n) is 2.63. The van der Waals surface area contributed by atoms with E-state index in [0.717, 1.165) is 12.5 Å². The second-order valence-corrected chi connectivity index (χ2v) is 5.45. The zero-order valence-electron chi connectivity index (χ0n) is 11.1. The van der Waals surface area contributed by atoms with E-state index in [1.807, 2.05) is 0 Å². The molecule has 0 saturated carbocycles. The Morgan fingerprint density at radius 3 is 2.88 bits per heavy atom. The van der Waals surface area contributed by atoms with Crippen molar-refractivity contribution in [2.45, 2.75) is 45.9 Å². The third-order valence-electron chi connectivity index (χ3n) is 3.39. The Hall–Kier alpha value is -0.860. The summed E-state index contributed by atoms with van der Waals surface area (Å²) in [6.45, 7) is 6.30. The first-order valence-electron chi connectivity index (χ1n) is 6.52. The number of fused-ring (bicyclic) bond motifs is 1. The normalized spacial score (nSPS) is 19.4. The maximum atomic E-state index is 5.17. The molecule has 1 unspecified atom stereocenters. The first-order valence-corrected chi connectivity index (χ1v) is 6.52. The summed E-state index contributed by atoms with van der Waals surface area (Å²) in [7, 11) is 1.75. The summed E-state index contributed by atoms with van der Waals surface area (Å²) in [6.07, 6.45) is 2.43. The molecular weight excluding hydrogens is 210 g/mol. The first-order chi connectivity index (χ1) is 8.19. The van der Waals surface area contributed by atoms with Crippen molar-refractivity contribution in [2.24, 2.45) is 5.92 Å². The fraction of sp³-hybridized carbons (Fsp3) is 0.600. The lowest BCUT2D eigenvalue weighted by molar-refractivity contribution is 0.185. The lowest BCUT2D eigenvalue weighted by atomic mass is 9.90. The van der Waals surface area contributed by atoms with Gasteiger partial charge in [0.15, 0.2) is 0 Å². The number of hydrogen-bond acceptors (Lipinski definition) is 2. The quantitative estimate of drug-likeness (QED) is 0.863. The van der Waals surface area contributed by atoms with E-state index in [2.05, 4.69) is 37.4 Å². The second kappa shape index (κ2) is 5.65. The Morgan fingerprint density at radius 2 is 2.18 bits per heavy atom. The Kier molecular flexibility index (Phi) is 4.19. The van der Waals surface area contributed by atoms with Gasteiger partial charge in [-0.1, -0.05) is 32.0 Å². The molecule has 0 spiro atoms. The third kappa shape index (κ3) is 3.30. The molecule has 17 heavy (non-hydrogen) atoms. The van der Waals surface area contributed by atoms with Crippen LogP contribution in [0.15, 0.2) is 18.2 Å². The highest BCUT2D eigenvalue weighted by Gasteiger charge is 2.18. The van der Waals surface area contributed by atoms with E-state index in [1.54, 1.807) is 7.11 Å². The van der Waals surface area contributed by atoms with Crippen molar-refractivity contribution in [1.82, 2.24) is 5.32 Å². The molecule has 0 radical (unpaired) electrons.